The molecule has 0 bridgehead atoms. The van der Waals surface area contributed by atoms with E-state index >= 15 is 0 Å². The zero-order chi connectivity index (χ0) is 13.7. The Balaban J connectivity index is 2.11. The Labute approximate surface area is 119 Å². The van der Waals surface area contributed by atoms with Crippen molar-refractivity contribution in [3.63, 3.8) is 0 Å². The SMILES string of the molecule is CCCC1(C(=O)Nc2cccc(Cl)c2)CCNCC1. The number of benzene rings is 1. The van der Waals surface area contributed by atoms with Gasteiger partial charge in [-0.1, -0.05) is 31.0 Å². The molecule has 2 N–H and O–H groups in total. The smallest absolute Gasteiger partial charge is 0.230 e. The van der Waals surface area contributed by atoms with Crippen LogP contribution in [0.1, 0.15) is 32.6 Å². The number of nitrogens with one attached hydrogen (secondary N) is 2. The number of hydrogen-bond donors (Lipinski definition) is 2. The van der Waals surface area contributed by atoms with Gasteiger partial charge < -0.3 is 10.6 Å². The van der Waals surface area contributed by atoms with Crippen LogP contribution in [0.5, 0.6) is 0 Å². The minimum Gasteiger partial charge on any atom is -0.326 e. The van der Waals surface area contributed by atoms with Crippen molar-refractivity contribution in [3.05, 3.63) is 29.3 Å². The molecular weight excluding hydrogens is 260 g/mol. The van der Waals surface area contributed by atoms with Crippen molar-refractivity contribution < 1.29 is 4.79 Å². The van der Waals surface area contributed by atoms with Crippen LogP contribution in [-0.4, -0.2) is 19.0 Å². The maximum absolute atomic E-state index is 12.6. The number of halogens is 1. The van der Waals surface area contributed by atoms with Crippen LogP contribution < -0.4 is 10.6 Å². The van der Waals surface area contributed by atoms with Crippen LogP contribution in [0.25, 0.3) is 0 Å². The summed E-state index contributed by atoms with van der Waals surface area (Å²) >= 11 is 5.95. The van der Waals surface area contributed by atoms with Crippen LogP contribution >= 0.6 is 11.6 Å². The van der Waals surface area contributed by atoms with Crippen LogP contribution in [0.3, 0.4) is 0 Å². The highest BCUT2D eigenvalue weighted by molar-refractivity contribution is 6.30. The maximum atomic E-state index is 12.6. The van der Waals surface area contributed by atoms with E-state index in [1.165, 1.54) is 0 Å². The van der Waals surface area contributed by atoms with Gasteiger partial charge in [0, 0.05) is 10.7 Å². The number of amides is 1. The molecule has 2 rings (SSSR count). The summed E-state index contributed by atoms with van der Waals surface area (Å²) in [5.41, 5.74) is 0.564. The fraction of sp³-hybridized carbons (Fsp3) is 0.533. The average Bonchev–Trinajstić information content (AvgIpc) is 2.40. The van der Waals surface area contributed by atoms with Crippen LogP contribution in [0.2, 0.25) is 5.02 Å². The molecule has 1 aromatic carbocycles. The molecule has 1 heterocycles. The second-order valence-corrected chi connectivity index (χ2v) is 5.68. The van der Waals surface area contributed by atoms with Gasteiger partial charge >= 0.3 is 0 Å². The van der Waals surface area contributed by atoms with E-state index in [0.717, 1.165) is 44.5 Å². The van der Waals surface area contributed by atoms with Crippen molar-refractivity contribution in [1.82, 2.24) is 5.32 Å². The average molecular weight is 281 g/mol. The Hall–Kier alpha value is -1.06. The van der Waals surface area contributed by atoms with Crippen molar-refractivity contribution in [2.24, 2.45) is 5.41 Å². The molecule has 0 aliphatic carbocycles. The van der Waals surface area contributed by atoms with Crippen molar-refractivity contribution in [1.29, 1.82) is 0 Å². The predicted octanol–water partition coefficient (Wildman–Crippen LogP) is 3.45. The highest BCUT2D eigenvalue weighted by atomic mass is 35.5. The summed E-state index contributed by atoms with van der Waals surface area (Å²) in [6.07, 6.45) is 3.80. The third kappa shape index (κ3) is 3.48. The Morgan fingerprint density at radius 3 is 2.79 bits per heavy atom. The normalized spacial score (nSPS) is 18.0. The molecule has 0 aromatic heterocycles. The van der Waals surface area contributed by atoms with Gasteiger partial charge in [0.1, 0.15) is 0 Å². The van der Waals surface area contributed by atoms with Gasteiger partial charge in [0.05, 0.1) is 5.41 Å². The van der Waals surface area contributed by atoms with Crippen molar-refractivity contribution in [2.45, 2.75) is 32.6 Å². The molecule has 1 saturated heterocycles. The lowest BCUT2D eigenvalue weighted by Crippen LogP contribution is -2.44. The van der Waals surface area contributed by atoms with Gasteiger partial charge in [0.25, 0.3) is 0 Å². The minimum absolute atomic E-state index is 0.137. The summed E-state index contributed by atoms with van der Waals surface area (Å²) in [5.74, 6) is 0.137. The molecule has 1 aromatic rings. The molecular formula is C15H21ClN2O. The fourth-order valence-electron chi connectivity index (χ4n) is 2.80. The van der Waals surface area contributed by atoms with E-state index in [9.17, 15) is 4.79 Å². The van der Waals surface area contributed by atoms with Gasteiger partial charge in [0.15, 0.2) is 0 Å². The van der Waals surface area contributed by atoms with E-state index in [4.69, 9.17) is 11.6 Å². The predicted molar refractivity (Wildman–Crippen MR) is 79.5 cm³/mol. The van der Waals surface area contributed by atoms with E-state index in [1.54, 1.807) is 6.07 Å². The molecule has 0 unspecified atom stereocenters. The molecule has 0 atom stereocenters. The minimum atomic E-state index is -0.220. The van der Waals surface area contributed by atoms with Crippen LogP contribution in [-0.2, 0) is 4.79 Å². The van der Waals surface area contributed by atoms with Crippen molar-refractivity contribution in [2.75, 3.05) is 18.4 Å². The molecule has 0 spiro atoms. The standard InChI is InChI=1S/C15H21ClN2O/c1-2-6-15(7-9-17-10-8-15)14(19)18-13-5-3-4-12(16)11-13/h3-5,11,17H,2,6-10H2,1H3,(H,18,19). The Kier molecular flexibility index (Phi) is 4.83. The molecule has 1 aliphatic rings. The van der Waals surface area contributed by atoms with E-state index in [0.29, 0.717) is 5.02 Å². The highest BCUT2D eigenvalue weighted by Gasteiger charge is 2.38. The fourth-order valence-corrected chi connectivity index (χ4v) is 2.99. The number of hydrogen-bond acceptors (Lipinski definition) is 2. The Morgan fingerprint density at radius 1 is 1.42 bits per heavy atom. The molecule has 19 heavy (non-hydrogen) atoms. The number of carbonyl (C=O) groups is 1. The number of anilines is 1. The monoisotopic (exact) mass is 280 g/mol. The highest BCUT2D eigenvalue weighted by Crippen LogP contribution is 2.35. The molecule has 1 fully saturated rings. The summed E-state index contributed by atoms with van der Waals surface area (Å²) in [4.78, 5) is 12.6. The van der Waals surface area contributed by atoms with E-state index < -0.39 is 0 Å². The largest absolute Gasteiger partial charge is 0.326 e. The molecule has 1 aliphatic heterocycles. The summed E-state index contributed by atoms with van der Waals surface area (Å²) in [5, 5.41) is 7.00. The molecule has 1 amide bonds. The molecule has 3 nitrogen and oxygen atoms in total. The topological polar surface area (TPSA) is 41.1 Å². The molecule has 0 radical (unpaired) electrons. The first kappa shape index (κ1) is 14.4. The number of rotatable bonds is 4. The van der Waals surface area contributed by atoms with Gasteiger partial charge in [0.2, 0.25) is 5.91 Å². The zero-order valence-corrected chi connectivity index (χ0v) is 12.1. The number of piperidine rings is 1. The first-order valence-electron chi connectivity index (χ1n) is 6.94. The van der Waals surface area contributed by atoms with Crippen LogP contribution in [0.4, 0.5) is 5.69 Å². The van der Waals surface area contributed by atoms with Crippen molar-refractivity contribution >= 4 is 23.2 Å². The summed E-state index contributed by atoms with van der Waals surface area (Å²) < 4.78 is 0. The Morgan fingerprint density at radius 2 is 2.16 bits per heavy atom. The first-order valence-corrected chi connectivity index (χ1v) is 7.32. The third-order valence-corrected chi connectivity index (χ3v) is 4.09. The van der Waals surface area contributed by atoms with E-state index in [2.05, 4.69) is 17.6 Å². The van der Waals surface area contributed by atoms with Gasteiger partial charge in [-0.15, -0.1) is 0 Å². The summed E-state index contributed by atoms with van der Waals surface area (Å²) in [6.45, 7) is 3.97. The van der Waals surface area contributed by atoms with Crippen LogP contribution in [0, 0.1) is 5.41 Å². The maximum Gasteiger partial charge on any atom is 0.230 e. The van der Waals surface area contributed by atoms with E-state index in [-0.39, 0.29) is 11.3 Å². The van der Waals surface area contributed by atoms with Gasteiger partial charge in [-0.25, -0.2) is 0 Å². The quantitative estimate of drug-likeness (QED) is 0.887. The Bertz CT molecular complexity index is 436. The second-order valence-electron chi connectivity index (χ2n) is 5.24. The zero-order valence-electron chi connectivity index (χ0n) is 11.3. The molecule has 0 saturated carbocycles. The van der Waals surface area contributed by atoms with Gasteiger partial charge in [-0.2, -0.15) is 0 Å². The number of carbonyl (C=O) groups excluding carboxylic acids is 1. The van der Waals surface area contributed by atoms with Gasteiger partial charge in [-0.05, 0) is 50.6 Å². The summed E-state index contributed by atoms with van der Waals surface area (Å²) in [7, 11) is 0. The molecule has 104 valence electrons. The summed E-state index contributed by atoms with van der Waals surface area (Å²) in [6, 6.07) is 7.33. The van der Waals surface area contributed by atoms with Crippen LogP contribution in [0.15, 0.2) is 24.3 Å². The van der Waals surface area contributed by atoms with Gasteiger partial charge in [-0.3, -0.25) is 4.79 Å². The third-order valence-electron chi connectivity index (χ3n) is 3.85. The van der Waals surface area contributed by atoms with Crippen molar-refractivity contribution in [3.8, 4) is 0 Å². The first-order chi connectivity index (χ1) is 9.16. The van der Waals surface area contributed by atoms with E-state index in [1.807, 2.05) is 18.2 Å². The lowest BCUT2D eigenvalue weighted by molar-refractivity contribution is -0.127. The molecule has 4 heteroatoms. The lowest BCUT2D eigenvalue weighted by atomic mass is 9.74. The lowest BCUT2D eigenvalue weighted by Gasteiger charge is -2.36. The second kappa shape index (κ2) is 6.40.